The summed E-state index contributed by atoms with van der Waals surface area (Å²) >= 11 is 6.15. The topological polar surface area (TPSA) is 53.5 Å². The molecule has 0 radical (unpaired) electrons. The van der Waals surface area contributed by atoms with Crippen LogP contribution in [0.3, 0.4) is 0 Å². The molecule has 5 heteroatoms. The Bertz CT molecular complexity index is 361. The maximum atomic E-state index is 8.61. The summed E-state index contributed by atoms with van der Waals surface area (Å²) in [6.07, 6.45) is 0.973. The Morgan fingerprint density at radius 2 is 2.00 bits per heavy atom. The smallest absolute Gasteiger partial charge is 0.137 e. The van der Waals surface area contributed by atoms with Gasteiger partial charge in [0.1, 0.15) is 5.75 Å². The molecule has 0 spiro atoms. The minimum atomic E-state index is 0.175. The van der Waals surface area contributed by atoms with E-state index in [0.717, 1.165) is 37.4 Å². The minimum absolute atomic E-state index is 0.175. The van der Waals surface area contributed by atoms with Crippen molar-refractivity contribution in [2.75, 3.05) is 32.8 Å². The number of aliphatic hydroxyl groups excluding tert-OH is 1. The van der Waals surface area contributed by atoms with E-state index in [-0.39, 0.29) is 6.61 Å². The van der Waals surface area contributed by atoms with Crippen molar-refractivity contribution in [2.45, 2.75) is 19.9 Å². The van der Waals surface area contributed by atoms with Gasteiger partial charge in [-0.15, -0.1) is 0 Å². The van der Waals surface area contributed by atoms with Gasteiger partial charge in [0.15, 0.2) is 0 Å². The number of hydrogen-bond acceptors (Lipinski definition) is 4. The van der Waals surface area contributed by atoms with E-state index in [0.29, 0.717) is 18.2 Å². The minimum Gasteiger partial charge on any atom is -0.492 e. The first-order valence-electron chi connectivity index (χ1n) is 6.71. The first kappa shape index (κ1) is 16.2. The van der Waals surface area contributed by atoms with E-state index in [1.807, 2.05) is 18.2 Å². The van der Waals surface area contributed by atoms with Crippen LogP contribution in [0.25, 0.3) is 0 Å². The van der Waals surface area contributed by atoms with E-state index in [2.05, 4.69) is 17.6 Å². The highest BCUT2D eigenvalue weighted by molar-refractivity contribution is 6.32. The van der Waals surface area contributed by atoms with Crippen molar-refractivity contribution in [3.05, 3.63) is 28.8 Å². The zero-order valence-electron chi connectivity index (χ0n) is 11.4. The van der Waals surface area contributed by atoms with Crippen LogP contribution in [-0.2, 0) is 6.54 Å². The zero-order chi connectivity index (χ0) is 13.9. The number of benzene rings is 1. The van der Waals surface area contributed by atoms with Crippen molar-refractivity contribution in [3.63, 3.8) is 0 Å². The van der Waals surface area contributed by atoms with Crippen LogP contribution in [-0.4, -0.2) is 38.0 Å². The molecule has 108 valence electrons. The molecule has 0 amide bonds. The Balaban J connectivity index is 2.29. The van der Waals surface area contributed by atoms with Gasteiger partial charge in [-0.1, -0.05) is 24.6 Å². The van der Waals surface area contributed by atoms with Crippen molar-refractivity contribution >= 4 is 11.6 Å². The number of nitrogens with one attached hydrogen (secondary N) is 2. The molecular formula is C14H23ClN2O2. The fourth-order valence-electron chi connectivity index (χ4n) is 1.60. The van der Waals surface area contributed by atoms with Gasteiger partial charge in [-0.3, -0.25) is 0 Å². The largest absolute Gasteiger partial charge is 0.492 e. The van der Waals surface area contributed by atoms with Gasteiger partial charge in [-0.25, -0.2) is 0 Å². The molecule has 0 bridgehead atoms. The Labute approximate surface area is 120 Å². The maximum Gasteiger partial charge on any atom is 0.137 e. The molecule has 0 unspecified atom stereocenters. The van der Waals surface area contributed by atoms with Crippen LogP contribution in [0.15, 0.2) is 18.2 Å². The first-order chi connectivity index (χ1) is 9.27. The van der Waals surface area contributed by atoms with Gasteiger partial charge in [0.05, 0.1) is 18.2 Å². The maximum absolute atomic E-state index is 8.61. The number of halogens is 1. The van der Waals surface area contributed by atoms with Crippen molar-refractivity contribution in [2.24, 2.45) is 0 Å². The molecule has 0 heterocycles. The lowest BCUT2D eigenvalue weighted by molar-refractivity contribution is 0.292. The van der Waals surface area contributed by atoms with Crippen LogP contribution in [0.2, 0.25) is 5.02 Å². The molecule has 0 fully saturated rings. The van der Waals surface area contributed by atoms with Crippen molar-refractivity contribution in [1.82, 2.24) is 10.6 Å². The number of ether oxygens (including phenoxy) is 1. The highest BCUT2D eigenvalue weighted by Gasteiger charge is 2.02. The molecule has 19 heavy (non-hydrogen) atoms. The van der Waals surface area contributed by atoms with Crippen LogP contribution in [0.4, 0.5) is 0 Å². The summed E-state index contributed by atoms with van der Waals surface area (Å²) in [7, 11) is 0. The van der Waals surface area contributed by atoms with Crippen molar-refractivity contribution in [3.8, 4) is 5.75 Å². The second-order valence-electron chi connectivity index (χ2n) is 4.26. The lowest BCUT2D eigenvalue weighted by Crippen LogP contribution is -2.28. The first-order valence-corrected chi connectivity index (χ1v) is 7.09. The highest BCUT2D eigenvalue weighted by Crippen LogP contribution is 2.25. The van der Waals surface area contributed by atoms with Gasteiger partial charge in [0, 0.05) is 26.2 Å². The quantitative estimate of drug-likeness (QED) is 0.574. The number of rotatable bonds is 10. The normalized spacial score (nSPS) is 10.7. The second kappa shape index (κ2) is 10.0. The summed E-state index contributed by atoms with van der Waals surface area (Å²) in [4.78, 5) is 0. The van der Waals surface area contributed by atoms with Crippen molar-refractivity contribution < 1.29 is 9.84 Å². The van der Waals surface area contributed by atoms with Gasteiger partial charge in [-0.05, 0) is 24.1 Å². The van der Waals surface area contributed by atoms with Crippen LogP contribution in [0.5, 0.6) is 5.75 Å². The average molecular weight is 287 g/mol. The summed E-state index contributed by atoms with van der Waals surface area (Å²) < 4.78 is 5.52. The Morgan fingerprint density at radius 3 is 2.68 bits per heavy atom. The van der Waals surface area contributed by atoms with E-state index < -0.39 is 0 Å². The van der Waals surface area contributed by atoms with Crippen LogP contribution < -0.4 is 15.4 Å². The van der Waals surface area contributed by atoms with Crippen LogP contribution in [0, 0.1) is 0 Å². The van der Waals surface area contributed by atoms with E-state index in [1.165, 1.54) is 0 Å². The molecule has 0 saturated carbocycles. The molecule has 1 aromatic carbocycles. The molecule has 0 aliphatic heterocycles. The van der Waals surface area contributed by atoms with Gasteiger partial charge in [-0.2, -0.15) is 0 Å². The van der Waals surface area contributed by atoms with Gasteiger partial charge >= 0.3 is 0 Å². The van der Waals surface area contributed by atoms with E-state index in [9.17, 15) is 0 Å². The predicted molar refractivity (Wildman–Crippen MR) is 78.9 cm³/mol. The Morgan fingerprint density at radius 1 is 1.21 bits per heavy atom. The van der Waals surface area contributed by atoms with Crippen LogP contribution >= 0.6 is 11.6 Å². The predicted octanol–water partition coefficient (Wildman–Crippen LogP) is 1.80. The third-order valence-corrected chi connectivity index (χ3v) is 2.85. The molecular weight excluding hydrogens is 264 g/mol. The van der Waals surface area contributed by atoms with Gasteiger partial charge in [0.25, 0.3) is 0 Å². The zero-order valence-corrected chi connectivity index (χ0v) is 12.2. The summed E-state index contributed by atoms with van der Waals surface area (Å²) in [5, 5.41) is 15.7. The second-order valence-corrected chi connectivity index (χ2v) is 4.67. The lowest BCUT2D eigenvalue weighted by atomic mass is 10.2. The number of aliphatic hydroxyl groups is 1. The third kappa shape index (κ3) is 6.78. The van der Waals surface area contributed by atoms with Crippen molar-refractivity contribution in [1.29, 1.82) is 0 Å². The summed E-state index contributed by atoms with van der Waals surface area (Å²) in [5.74, 6) is 0.747. The lowest BCUT2D eigenvalue weighted by Gasteiger charge is -2.09. The molecule has 0 aliphatic rings. The fourth-order valence-corrected chi connectivity index (χ4v) is 1.85. The molecule has 0 aliphatic carbocycles. The molecule has 0 atom stereocenters. The molecule has 0 saturated heterocycles. The van der Waals surface area contributed by atoms with Gasteiger partial charge in [0.2, 0.25) is 0 Å². The average Bonchev–Trinajstić information content (AvgIpc) is 2.42. The van der Waals surface area contributed by atoms with E-state index >= 15 is 0 Å². The molecule has 1 aromatic rings. The third-order valence-electron chi connectivity index (χ3n) is 2.55. The summed E-state index contributed by atoms with van der Waals surface area (Å²) in [5.41, 5.74) is 1.14. The number of hydrogen-bond donors (Lipinski definition) is 3. The van der Waals surface area contributed by atoms with Crippen LogP contribution in [0.1, 0.15) is 18.9 Å². The van der Waals surface area contributed by atoms with Gasteiger partial charge < -0.3 is 20.5 Å². The monoisotopic (exact) mass is 286 g/mol. The summed E-state index contributed by atoms with van der Waals surface area (Å²) in [6.45, 7) is 6.03. The molecule has 0 aromatic heterocycles. The Hall–Kier alpha value is -0.810. The van der Waals surface area contributed by atoms with E-state index in [4.69, 9.17) is 21.4 Å². The molecule has 3 N–H and O–H groups in total. The molecule has 4 nitrogen and oxygen atoms in total. The Kier molecular flexibility index (Phi) is 8.58. The van der Waals surface area contributed by atoms with E-state index in [1.54, 1.807) is 0 Å². The fraction of sp³-hybridized carbons (Fsp3) is 0.571. The standard InChI is InChI=1S/C14H23ClN2O2/c1-2-9-19-14-4-3-12(10-13(14)15)11-17-6-5-16-7-8-18/h3-4,10,16-18H,2,5-9,11H2,1H3. The summed E-state index contributed by atoms with van der Waals surface area (Å²) in [6, 6.07) is 5.87. The highest BCUT2D eigenvalue weighted by atomic mass is 35.5. The SMILES string of the molecule is CCCOc1ccc(CNCCNCCO)cc1Cl. The molecule has 1 rings (SSSR count).